The number of alkyl halides is 1. The molecule has 2 aromatic carbocycles. The number of nitrogens with zero attached hydrogens (tertiary/aromatic N) is 2. The van der Waals surface area contributed by atoms with Gasteiger partial charge >= 0.3 is 19.8 Å². The molecule has 1 fully saturated rings. The number of carbonyl (C=O) groups is 1. The Bertz CT molecular complexity index is 1560. The SMILES string of the molecule is CC(C(=O)OCc1ccccc1)N(Oc1ccc(Cl)c(Cl)c1)[P+](=O)OC[C@H]1O[C@@H](n2ccc(=O)[nH]c2=O)[C@](C)(F)[C@@H]1O. The van der Waals surface area contributed by atoms with Crippen molar-refractivity contribution in [3.63, 3.8) is 0 Å². The first-order chi connectivity index (χ1) is 19.9. The molecule has 1 aliphatic rings. The summed E-state index contributed by atoms with van der Waals surface area (Å²) >= 11 is 12.0. The quantitative estimate of drug-likeness (QED) is 0.179. The van der Waals surface area contributed by atoms with E-state index < -0.39 is 62.2 Å². The average Bonchev–Trinajstić information content (AvgIpc) is 3.18. The van der Waals surface area contributed by atoms with Crippen LogP contribution < -0.4 is 16.1 Å². The molecule has 2 unspecified atom stereocenters. The molecular formula is C26H26Cl2FN3O9P+. The van der Waals surface area contributed by atoms with Crippen LogP contribution in [0.2, 0.25) is 10.0 Å². The lowest BCUT2D eigenvalue weighted by Crippen LogP contribution is -2.43. The Morgan fingerprint density at radius 1 is 1.21 bits per heavy atom. The van der Waals surface area contributed by atoms with Gasteiger partial charge in [0.1, 0.15) is 30.3 Å². The predicted octanol–water partition coefficient (Wildman–Crippen LogP) is 3.93. The highest BCUT2D eigenvalue weighted by molar-refractivity contribution is 7.36. The van der Waals surface area contributed by atoms with Crippen molar-refractivity contribution in [2.24, 2.45) is 0 Å². The largest absolute Gasteiger partial charge is 0.653 e. The number of aliphatic hydroxyl groups is 1. The van der Waals surface area contributed by atoms with Crippen LogP contribution >= 0.6 is 31.4 Å². The van der Waals surface area contributed by atoms with E-state index in [4.69, 9.17) is 42.0 Å². The maximum atomic E-state index is 15.5. The molecule has 0 amide bonds. The fraction of sp³-hybridized carbons (Fsp3) is 0.346. The average molecular weight is 645 g/mol. The van der Waals surface area contributed by atoms with E-state index in [1.807, 2.05) is 4.98 Å². The molecule has 0 saturated carbocycles. The Balaban J connectivity index is 1.49. The summed E-state index contributed by atoms with van der Waals surface area (Å²) in [7, 11) is -3.01. The van der Waals surface area contributed by atoms with Gasteiger partial charge in [0.15, 0.2) is 23.7 Å². The van der Waals surface area contributed by atoms with Crippen LogP contribution in [0, 0.1) is 0 Å². The first-order valence-corrected chi connectivity index (χ1v) is 14.3. The van der Waals surface area contributed by atoms with E-state index in [0.717, 1.165) is 28.6 Å². The molecule has 224 valence electrons. The van der Waals surface area contributed by atoms with Crippen LogP contribution in [0.1, 0.15) is 25.6 Å². The van der Waals surface area contributed by atoms with E-state index in [-0.39, 0.29) is 22.4 Å². The summed E-state index contributed by atoms with van der Waals surface area (Å²) in [5.41, 5.74) is -3.45. The second-order valence-electron chi connectivity index (χ2n) is 9.41. The molecule has 1 aliphatic heterocycles. The zero-order chi connectivity index (χ0) is 30.6. The van der Waals surface area contributed by atoms with Crippen molar-refractivity contribution >= 4 is 37.3 Å². The van der Waals surface area contributed by atoms with Crippen molar-refractivity contribution < 1.29 is 37.7 Å². The van der Waals surface area contributed by atoms with Gasteiger partial charge in [-0.05, 0) is 36.1 Å². The van der Waals surface area contributed by atoms with E-state index in [9.17, 15) is 24.1 Å². The van der Waals surface area contributed by atoms with Gasteiger partial charge < -0.3 is 19.4 Å². The molecule has 0 radical (unpaired) electrons. The van der Waals surface area contributed by atoms with Gasteiger partial charge in [0, 0.05) is 18.3 Å². The molecule has 3 aromatic rings. The number of aromatic nitrogens is 2. The summed E-state index contributed by atoms with van der Waals surface area (Å²) in [5, 5.41) is 11.0. The van der Waals surface area contributed by atoms with Crippen LogP contribution in [0.3, 0.4) is 0 Å². The zero-order valence-corrected chi connectivity index (χ0v) is 24.6. The molecule has 4 rings (SSSR count). The summed E-state index contributed by atoms with van der Waals surface area (Å²) in [6.45, 7) is 1.66. The lowest BCUT2D eigenvalue weighted by molar-refractivity contribution is -0.156. The number of hydroxylamine groups is 1. The van der Waals surface area contributed by atoms with E-state index in [1.165, 1.54) is 25.1 Å². The van der Waals surface area contributed by atoms with Crippen molar-refractivity contribution in [3.8, 4) is 5.75 Å². The zero-order valence-electron chi connectivity index (χ0n) is 22.2. The fourth-order valence-corrected chi connectivity index (χ4v) is 5.21. The van der Waals surface area contributed by atoms with Crippen LogP contribution in [0.15, 0.2) is 70.4 Å². The van der Waals surface area contributed by atoms with Crippen LogP contribution in [0.4, 0.5) is 4.39 Å². The fourth-order valence-electron chi connectivity index (χ4n) is 3.99. The van der Waals surface area contributed by atoms with Crippen molar-refractivity contribution in [1.29, 1.82) is 0 Å². The second kappa shape index (κ2) is 13.4. The Morgan fingerprint density at radius 3 is 2.60 bits per heavy atom. The number of carbonyl (C=O) groups excluding carboxylic acids is 1. The molecule has 42 heavy (non-hydrogen) atoms. The monoisotopic (exact) mass is 644 g/mol. The lowest BCUT2D eigenvalue weighted by Gasteiger charge is -2.24. The topological polar surface area (TPSA) is 149 Å². The molecule has 16 heteroatoms. The van der Waals surface area contributed by atoms with Crippen molar-refractivity contribution in [2.75, 3.05) is 6.61 Å². The molecule has 6 atom stereocenters. The molecule has 2 N–H and O–H groups in total. The lowest BCUT2D eigenvalue weighted by atomic mass is 9.98. The first kappa shape index (κ1) is 31.8. The highest BCUT2D eigenvalue weighted by Gasteiger charge is 2.56. The highest BCUT2D eigenvalue weighted by Crippen LogP contribution is 2.42. The van der Waals surface area contributed by atoms with Crippen molar-refractivity contribution in [2.45, 2.75) is 50.6 Å². The molecule has 0 aliphatic carbocycles. The number of ether oxygens (including phenoxy) is 2. The van der Waals surface area contributed by atoms with Crippen molar-refractivity contribution in [3.05, 3.63) is 97.2 Å². The van der Waals surface area contributed by atoms with Gasteiger partial charge in [0.2, 0.25) is 0 Å². The van der Waals surface area contributed by atoms with E-state index >= 15 is 4.39 Å². The maximum Gasteiger partial charge on any atom is 0.653 e. The van der Waals surface area contributed by atoms with E-state index in [0.29, 0.717) is 5.56 Å². The summed E-state index contributed by atoms with van der Waals surface area (Å²) in [6, 6.07) is 12.7. The van der Waals surface area contributed by atoms with Gasteiger partial charge in [-0.1, -0.05) is 53.5 Å². The van der Waals surface area contributed by atoms with Crippen LogP contribution in [0.5, 0.6) is 5.75 Å². The molecule has 1 saturated heterocycles. The Morgan fingerprint density at radius 2 is 1.93 bits per heavy atom. The molecule has 0 spiro atoms. The van der Waals surface area contributed by atoms with Gasteiger partial charge in [-0.25, -0.2) is 9.18 Å². The summed E-state index contributed by atoms with van der Waals surface area (Å²) in [4.78, 5) is 44.9. The maximum absolute atomic E-state index is 15.5. The Hall–Kier alpha value is -3.16. The minimum atomic E-state index is -3.01. The molecule has 2 heterocycles. The number of aromatic amines is 1. The molecule has 0 bridgehead atoms. The first-order valence-electron chi connectivity index (χ1n) is 12.4. The number of hydrogen-bond donors (Lipinski definition) is 2. The molecule has 12 nitrogen and oxygen atoms in total. The van der Waals surface area contributed by atoms with Gasteiger partial charge in [-0.2, -0.15) is 0 Å². The Kier molecular flexibility index (Phi) is 10.2. The molecular weight excluding hydrogens is 619 g/mol. The van der Waals surface area contributed by atoms with Gasteiger partial charge in [-0.15, -0.1) is 4.52 Å². The highest BCUT2D eigenvalue weighted by atomic mass is 35.5. The number of esters is 1. The number of rotatable bonds is 11. The third-order valence-electron chi connectivity index (χ3n) is 6.32. The number of nitrogens with one attached hydrogen (secondary N) is 1. The predicted molar refractivity (Wildman–Crippen MR) is 149 cm³/mol. The number of hydrogen-bond acceptors (Lipinski definition) is 9. The minimum absolute atomic E-state index is 0.0602. The van der Waals surface area contributed by atoms with Gasteiger partial charge in [0.25, 0.3) is 5.56 Å². The number of H-pyrrole nitrogens is 1. The van der Waals surface area contributed by atoms with Gasteiger partial charge in [0.05, 0.1) is 10.0 Å². The van der Waals surface area contributed by atoms with E-state index in [2.05, 4.69) is 0 Å². The second-order valence-corrected chi connectivity index (χ2v) is 11.4. The smallest absolute Gasteiger partial charge is 0.459 e. The third-order valence-corrected chi connectivity index (χ3v) is 8.18. The Labute approximate surface area is 249 Å². The third kappa shape index (κ3) is 7.24. The van der Waals surface area contributed by atoms with Crippen LogP contribution in [0.25, 0.3) is 0 Å². The normalized spacial score (nSPS) is 23.0. The molecule has 1 aromatic heterocycles. The summed E-state index contributed by atoms with van der Waals surface area (Å²) < 4.78 is 45.9. The van der Waals surface area contributed by atoms with Crippen LogP contribution in [-0.2, 0) is 30.0 Å². The van der Waals surface area contributed by atoms with E-state index in [1.54, 1.807) is 30.3 Å². The van der Waals surface area contributed by atoms with Gasteiger partial charge in [-0.3, -0.25) is 19.1 Å². The standard InChI is InChI=1S/C26H25Cl2FN3O9P/c1-15(23(35)38-13-16-6-4-3-5-7-16)32(41-17-8-9-18(27)19(28)12-17)42(37)39-14-20-22(34)26(2,29)24(40-20)31-11-10-21(33)30-25(31)36/h3-12,15,20,22,24,34H,13-14H2,1-2H3/p+1/t15?,20-,22-,24-,26-/m1/s1. The van der Waals surface area contributed by atoms with Crippen LogP contribution in [-0.4, -0.2) is 56.0 Å². The summed E-state index contributed by atoms with van der Waals surface area (Å²) in [6.07, 6.45) is -3.86. The number of halogens is 3. The number of benzene rings is 2. The minimum Gasteiger partial charge on any atom is -0.459 e. The summed E-state index contributed by atoms with van der Waals surface area (Å²) in [5.74, 6) is -0.748. The number of aliphatic hydroxyl groups excluding tert-OH is 1. The van der Waals surface area contributed by atoms with Crippen molar-refractivity contribution in [1.82, 2.24) is 14.4 Å².